The number of hydrogen-bond acceptors (Lipinski definition) is 6. The molecule has 0 unspecified atom stereocenters. The van der Waals surface area contributed by atoms with Crippen LogP contribution in [0.5, 0.6) is 0 Å². The van der Waals surface area contributed by atoms with Crippen LogP contribution in [0.25, 0.3) is 0 Å². The van der Waals surface area contributed by atoms with Crippen molar-refractivity contribution in [3.8, 4) is 0 Å². The van der Waals surface area contributed by atoms with E-state index in [0.717, 1.165) is 42.9 Å². The average Bonchev–Trinajstić information content (AvgIpc) is 3.35. The summed E-state index contributed by atoms with van der Waals surface area (Å²) in [5.41, 5.74) is 5.76. The fraction of sp³-hybridized carbons (Fsp3) is 0.429. The number of allylic oxidation sites excluding steroid dienone is 5. The molecule has 0 radical (unpaired) electrons. The van der Waals surface area contributed by atoms with Crippen LogP contribution >= 0.6 is 0 Å². The summed E-state index contributed by atoms with van der Waals surface area (Å²) in [6.45, 7) is 2.72. The van der Waals surface area contributed by atoms with E-state index in [-0.39, 0.29) is 34.1 Å². The minimum Gasteiger partial charge on any atom is -0.612 e. The molecule has 36 heavy (non-hydrogen) atoms. The Morgan fingerprint density at radius 2 is 2.06 bits per heavy atom. The van der Waals surface area contributed by atoms with Crippen LogP contribution < -0.4 is 10.2 Å². The minimum atomic E-state index is -0.388. The van der Waals surface area contributed by atoms with E-state index < -0.39 is 0 Å². The summed E-state index contributed by atoms with van der Waals surface area (Å²) in [6, 6.07) is 7.02. The maximum atomic E-state index is 13.6. The van der Waals surface area contributed by atoms with Gasteiger partial charge in [0.15, 0.2) is 0 Å². The molecule has 8 rings (SSSR count). The number of carbonyl (C=O) groups is 1. The monoisotopic (exact) mass is 483 g/mol. The van der Waals surface area contributed by atoms with Crippen molar-refractivity contribution in [1.82, 2.24) is 4.90 Å². The Bertz CT molecular complexity index is 1340. The lowest BCUT2D eigenvalue weighted by atomic mass is 9.53. The van der Waals surface area contributed by atoms with Gasteiger partial charge in [0.1, 0.15) is 0 Å². The van der Waals surface area contributed by atoms with Crippen molar-refractivity contribution >= 4 is 23.0 Å². The number of nitrogens with zero attached hydrogens (tertiary/aromatic N) is 3. The molecule has 1 N–H and O–H groups in total. The highest BCUT2D eigenvalue weighted by atomic mass is 16.8. The van der Waals surface area contributed by atoms with Gasteiger partial charge in [0.2, 0.25) is 11.6 Å². The van der Waals surface area contributed by atoms with E-state index >= 15 is 0 Å². The Kier molecular flexibility index (Phi) is 4.11. The van der Waals surface area contributed by atoms with Crippen LogP contribution in [-0.4, -0.2) is 59.3 Å². The molecule has 0 aromatic heterocycles. The average molecular weight is 484 g/mol. The summed E-state index contributed by atoms with van der Waals surface area (Å²) in [5.74, 6) is 1.05. The lowest BCUT2D eigenvalue weighted by Gasteiger charge is -2.58. The van der Waals surface area contributed by atoms with E-state index in [2.05, 4.69) is 33.3 Å². The molecule has 3 saturated heterocycles. The topological polar surface area (TPSA) is 93.9 Å². The molecule has 1 amide bonds. The van der Waals surface area contributed by atoms with Crippen molar-refractivity contribution in [3.05, 3.63) is 81.9 Å². The molecule has 1 aromatic rings. The number of benzene rings is 1. The lowest BCUT2D eigenvalue weighted by Crippen LogP contribution is -2.69. The molecule has 7 aliphatic rings. The van der Waals surface area contributed by atoms with Gasteiger partial charge in [-0.3, -0.25) is 9.69 Å². The second-order valence-corrected chi connectivity index (χ2v) is 11.1. The Labute approximate surface area is 209 Å². The van der Waals surface area contributed by atoms with Crippen molar-refractivity contribution in [2.45, 2.75) is 42.9 Å². The molecular formula is C28H27N4O4-. The summed E-state index contributed by atoms with van der Waals surface area (Å²) in [5, 5.41) is 25.3. The molecule has 6 atom stereocenters. The predicted molar refractivity (Wildman–Crippen MR) is 135 cm³/mol. The molecule has 5 heterocycles. The highest BCUT2D eigenvalue weighted by molar-refractivity contribution is 6.02. The number of rotatable bonds is 2. The minimum absolute atomic E-state index is 0.00449. The third-order valence-electron chi connectivity index (χ3n) is 9.82. The maximum absolute atomic E-state index is 13.6. The van der Waals surface area contributed by atoms with Gasteiger partial charge in [-0.15, -0.1) is 0 Å². The molecule has 1 saturated carbocycles. The summed E-state index contributed by atoms with van der Waals surface area (Å²) in [6.07, 6.45) is 13.4. The second kappa shape index (κ2) is 7.11. The van der Waals surface area contributed by atoms with Gasteiger partial charge in [-0.25, -0.2) is 0 Å². The van der Waals surface area contributed by atoms with E-state index in [4.69, 9.17) is 4.74 Å². The zero-order chi connectivity index (χ0) is 24.2. The number of anilines is 2. The predicted octanol–water partition coefficient (Wildman–Crippen LogP) is 2.96. The van der Waals surface area contributed by atoms with Crippen molar-refractivity contribution in [2.75, 3.05) is 29.9 Å². The Morgan fingerprint density at radius 1 is 1.19 bits per heavy atom. The van der Waals surface area contributed by atoms with Crippen LogP contribution in [0.3, 0.4) is 0 Å². The Balaban J connectivity index is 1.21. The summed E-state index contributed by atoms with van der Waals surface area (Å²) in [7, 11) is 0. The standard InChI is InChI=1S/C28H27N4O4/c33-25-13-23-26-20-12-24-28(8-9-30(24)15-17(20)7-10-36-23)21-11-18(3-6-22(21)31(25)27(26)28)29-14-16-1-4-19(5-2-16)32(34)35/h1-7,11,14,20,23-24,26-27,29H,8-10,12-13,15H2/q-1/t20-,23+,24+,26-,27+,28-/m1/s1. The lowest BCUT2D eigenvalue weighted by molar-refractivity contribution is -0.377. The molecule has 4 fully saturated rings. The smallest absolute Gasteiger partial charge is 0.229 e. The number of nitrogens with one attached hydrogen (secondary N) is 1. The fourth-order valence-electron chi connectivity index (χ4n) is 8.50. The van der Waals surface area contributed by atoms with Crippen LogP contribution in [0.15, 0.2) is 65.9 Å². The van der Waals surface area contributed by atoms with E-state index in [1.807, 2.05) is 12.3 Å². The molecule has 184 valence electrons. The number of piperidine rings is 2. The molecule has 5 aliphatic heterocycles. The highest BCUT2D eigenvalue weighted by Crippen LogP contribution is 2.65. The first-order chi connectivity index (χ1) is 17.5. The van der Waals surface area contributed by atoms with Crippen LogP contribution in [-0.2, 0) is 14.9 Å². The third kappa shape index (κ3) is 2.56. The molecule has 8 nitrogen and oxygen atoms in total. The van der Waals surface area contributed by atoms with Crippen molar-refractivity contribution in [1.29, 1.82) is 0 Å². The van der Waals surface area contributed by atoms with Gasteiger partial charge in [0.05, 0.1) is 25.2 Å². The van der Waals surface area contributed by atoms with Crippen LogP contribution in [0.4, 0.5) is 11.4 Å². The van der Waals surface area contributed by atoms with E-state index in [1.165, 1.54) is 23.3 Å². The van der Waals surface area contributed by atoms with Gasteiger partial charge in [-0.05, 0) is 66.8 Å². The first-order valence-corrected chi connectivity index (χ1v) is 12.9. The molecule has 2 aliphatic carbocycles. The summed E-state index contributed by atoms with van der Waals surface area (Å²) < 4.78 is 6.32. The van der Waals surface area contributed by atoms with Crippen LogP contribution in [0.1, 0.15) is 24.8 Å². The first kappa shape index (κ1) is 20.8. The maximum Gasteiger partial charge on any atom is 0.229 e. The SMILES string of the molecule is O=C1C[C@@H]2OCC=C3CN4CC[C@]56c7cc(NC=C8C=CC(=[N+]([O-])[O-])C=C8)ccc7N1[C@H]5[C@@H]2[C@@H]3C[C@H]46. The second-order valence-electron chi connectivity index (χ2n) is 11.1. The fourth-order valence-corrected chi connectivity index (χ4v) is 8.50. The van der Waals surface area contributed by atoms with Crippen molar-refractivity contribution in [3.63, 3.8) is 0 Å². The summed E-state index contributed by atoms with van der Waals surface area (Å²) in [4.78, 5) is 18.0. The molecule has 1 aromatic carbocycles. The van der Waals surface area contributed by atoms with Gasteiger partial charge in [0, 0.05) is 53.6 Å². The largest absolute Gasteiger partial charge is 0.612 e. The molecule has 2 bridgehead atoms. The third-order valence-corrected chi connectivity index (χ3v) is 9.82. The van der Waals surface area contributed by atoms with E-state index in [0.29, 0.717) is 30.9 Å². The van der Waals surface area contributed by atoms with Gasteiger partial charge < -0.3 is 25.4 Å². The molecule has 8 heteroatoms. The number of amides is 1. The van der Waals surface area contributed by atoms with Gasteiger partial charge in [0.25, 0.3) is 0 Å². The van der Waals surface area contributed by atoms with Gasteiger partial charge >= 0.3 is 0 Å². The van der Waals surface area contributed by atoms with Crippen molar-refractivity contribution in [2.24, 2.45) is 11.8 Å². The quantitative estimate of drug-likeness (QED) is 0.395. The number of ether oxygens (including phenoxy) is 1. The molecular weight excluding hydrogens is 456 g/mol. The first-order valence-electron chi connectivity index (χ1n) is 12.9. The normalized spacial score (nSPS) is 37.0. The number of fused-ring (bicyclic) bond motifs is 2. The Hall–Kier alpha value is -3.36. The molecule has 1 spiro atoms. The zero-order valence-corrected chi connectivity index (χ0v) is 19.8. The highest BCUT2D eigenvalue weighted by Gasteiger charge is 2.71. The number of hydrogen-bond donors (Lipinski definition) is 1. The van der Waals surface area contributed by atoms with Crippen LogP contribution in [0.2, 0.25) is 0 Å². The van der Waals surface area contributed by atoms with Gasteiger partial charge in [-0.2, -0.15) is 4.90 Å². The zero-order valence-electron chi connectivity index (χ0n) is 19.8. The number of carbonyl (C=O) groups excluding carboxylic acids is 1. The van der Waals surface area contributed by atoms with Crippen molar-refractivity contribution < 1.29 is 14.4 Å². The van der Waals surface area contributed by atoms with Gasteiger partial charge in [-0.1, -0.05) is 11.6 Å². The summed E-state index contributed by atoms with van der Waals surface area (Å²) >= 11 is 0. The Morgan fingerprint density at radius 3 is 2.89 bits per heavy atom. The van der Waals surface area contributed by atoms with E-state index in [1.54, 1.807) is 12.2 Å². The van der Waals surface area contributed by atoms with E-state index in [9.17, 15) is 15.2 Å². The van der Waals surface area contributed by atoms with Crippen LogP contribution in [0, 0.1) is 22.3 Å².